The Morgan fingerprint density at radius 2 is 2.00 bits per heavy atom. The van der Waals surface area contributed by atoms with Gasteiger partial charge >= 0.3 is 5.97 Å². The van der Waals surface area contributed by atoms with Crippen molar-refractivity contribution in [1.82, 2.24) is 21.1 Å². The minimum atomic E-state index is -1.12. The SMILES string of the molecule is Nc1ccc(C(=O)N[C@@H](CCC=O)C(=O)N2NCCC[C@H]2CN[C@H](C=O)CC(=O)O)cc1N. The maximum atomic E-state index is 13.3. The number of aliphatic carboxylic acids is 1. The van der Waals surface area contributed by atoms with Gasteiger partial charge in [-0.3, -0.25) is 19.4 Å². The molecule has 0 aromatic heterocycles. The highest BCUT2D eigenvalue weighted by Crippen LogP contribution is 2.17. The predicted octanol–water partition coefficient (Wildman–Crippen LogP) is -0.944. The van der Waals surface area contributed by atoms with Crippen LogP contribution in [0.1, 0.15) is 42.5 Å². The molecule has 0 saturated carbocycles. The average Bonchev–Trinajstić information content (AvgIpc) is 2.80. The summed E-state index contributed by atoms with van der Waals surface area (Å²) in [5, 5.41) is 15.8. The smallest absolute Gasteiger partial charge is 0.305 e. The quantitative estimate of drug-likeness (QED) is 0.166. The molecule has 12 heteroatoms. The Hall–Kier alpha value is -3.51. The monoisotopic (exact) mass is 462 g/mol. The number of carboxylic acid groups (broad SMARTS) is 1. The van der Waals surface area contributed by atoms with Crippen LogP contribution in [0, 0.1) is 0 Å². The molecule has 1 saturated heterocycles. The van der Waals surface area contributed by atoms with Gasteiger partial charge in [0.15, 0.2) is 0 Å². The van der Waals surface area contributed by atoms with E-state index < -0.39 is 29.9 Å². The summed E-state index contributed by atoms with van der Waals surface area (Å²) >= 11 is 0. The summed E-state index contributed by atoms with van der Waals surface area (Å²) in [6, 6.07) is 2.11. The van der Waals surface area contributed by atoms with Gasteiger partial charge in [0.1, 0.15) is 18.6 Å². The van der Waals surface area contributed by atoms with Crippen molar-refractivity contribution in [3.8, 4) is 0 Å². The van der Waals surface area contributed by atoms with Crippen LogP contribution in [0.15, 0.2) is 18.2 Å². The molecule has 0 bridgehead atoms. The van der Waals surface area contributed by atoms with Crippen LogP contribution in [0.25, 0.3) is 0 Å². The summed E-state index contributed by atoms with van der Waals surface area (Å²) in [4.78, 5) is 59.0. The van der Waals surface area contributed by atoms with Crippen molar-refractivity contribution in [2.45, 2.75) is 50.2 Å². The van der Waals surface area contributed by atoms with E-state index in [0.29, 0.717) is 31.2 Å². The van der Waals surface area contributed by atoms with E-state index >= 15 is 0 Å². The van der Waals surface area contributed by atoms with Gasteiger partial charge in [-0.1, -0.05) is 0 Å². The van der Waals surface area contributed by atoms with Crippen molar-refractivity contribution in [3.05, 3.63) is 23.8 Å². The first kappa shape index (κ1) is 25.7. The lowest BCUT2D eigenvalue weighted by Crippen LogP contribution is -2.61. The molecule has 1 fully saturated rings. The molecular formula is C21H30N6O6. The molecule has 1 aliphatic rings. The number of hydrazine groups is 1. The number of nitrogens with one attached hydrogen (secondary N) is 3. The number of carboxylic acids is 1. The molecule has 0 radical (unpaired) electrons. The van der Waals surface area contributed by atoms with Gasteiger partial charge in [0.25, 0.3) is 11.8 Å². The Kier molecular flexibility index (Phi) is 9.76. The minimum Gasteiger partial charge on any atom is -0.481 e. The lowest BCUT2D eigenvalue weighted by Gasteiger charge is -2.38. The fraction of sp³-hybridized carbons (Fsp3) is 0.476. The highest BCUT2D eigenvalue weighted by Gasteiger charge is 2.33. The number of nitrogens with zero attached hydrogens (tertiary/aromatic N) is 1. The normalized spacial score (nSPS) is 17.6. The lowest BCUT2D eigenvalue weighted by atomic mass is 10.0. The Morgan fingerprint density at radius 1 is 1.24 bits per heavy atom. The van der Waals surface area contributed by atoms with Gasteiger partial charge in [0.05, 0.1) is 29.9 Å². The van der Waals surface area contributed by atoms with Crippen LogP contribution in [0.2, 0.25) is 0 Å². The number of benzene rings is 1. The molecule has 0 aliphatic carbocycles. The zero-order valence-corrected chi connectivity index (χ0v) is 18.2. The zero-order chi connectivity index (χ0) is 24.4. The third kappa shape index (κ3) is 7.54. The molecule has 2 rings (SSSR count). The van der Waals surface area contributed by atoms with Crippen molar-refractivity contribution in [2.75, 3.05) is 24.6 Å². The number of anilines is 2. The Bertz CT molecular complexity index is 879. The third-order valence-corrected chi connectivity index (χ3v) is 5.30. The molecule has 8 N–H and O–H groups in total. The number of nitrogen functional groups attached to an aromatic ring is 2. The van der Waals surface area contributed by atoms with E-state index in [9.17, 15) is 24.0 Å². The first-order chi connectivity index (χ1) is 15.8. The standard InChI is InChI=1S/C21H30N6O6/c22-16-6-5-13(9-17(16)23)20(32)26-18(4-2-8-28)21(33)27-15(3-1-7-25-27)11-24-14(12-29)10-19(30)31/h5-6,8-9,12,14-15,18,24-25H,1-4,7,10-11,22-23H2,(H,26,32)(H,30,31)/t14-,15-,18-/m0/s1. The Morgan fingerprint density at radius 3 is 2.64 bits per heavy atom. The molecule has 0 unspecified atom stereocenters. The van der Waals surface area contributed by atoms with Crippen LogP contribution in [-0.4, -0.2) is 71.7 Å². The molecule has 180 valence electrons. The Labute approximate surface area is 191 Å². The molecule has 33 heavy (non-hydrogen) atoms. The topological polar surface area (TPSA) is 197 Å². The summed E-state index contributed by atoms with van der Waals surface area (Å²) in [6.07, 6.45) is 2.32. The summed E-state index contributed by atoms with van der Waals surface area (Å²) < 4.78 is 0. The van der Waals surface area contributed by atoms with Gasteiger partial charge in [0, 0.05) is 25.1 Å². The second-order valence-electron chi connectivity index (χ2n) is 7.77. The summed E-state index contributed by atoms with van der Waals surface area (Å²) in [5.41, 5.74) is 15.2. The molecule has 1 aromatic carbocycles. The van der Waals surface area contributed by atoms with Crippen molar-refractivity contribution in [3.63, 3.8) is 0 Å². The second-order valence-corrected chi connectivity index (χ2v) is 7.77. The van der Waals surface area contributed by atoms with Crippen molar-refractivity contribution >= 4 is 41.7 Å². The first-order valence-corrected chi connectivity index (χ1v) is 10.6. The average molecular weight is 463 g/mol. The number of amides is 2. The molecule has 3 atom stereocenters. The molecule has 1 aromatic rings. The second kappa shape index (κ2) is 12.5. The molecule has 12 nitrogen and oxygen atoms in total. The largest absolute Gasteiger partial charge is 0.481 e. The van der Waals surface area contributed by atoms with Crippen LogP contribution in [0.3, 0.4) is 0 Å². The fourth-order valence-corrected chi connectivity index (χ4v) is 3.51. The molecular weight excluding hydrogens is 432 g/mol. The van der Waals surface area contributed by atoms with Crippen LogP contribution in [-0.2, 0) is 19.2 Å². The van der Waals surface area contributed by atoms with Gasteiger partial charge < -0.3 is 36.8 Å². The highest BCUT2D eigenvalue weighted by atomic mass is 16.4. The number of carbonyl (C=O) groups excluding carboxylic acids is 4. The van der Waals surface area contributed by atoms with E-state index in [1.54, 1.807) is 0 Å². The van der Waals surface area contributed by atoms with E-state index in [0.717, 1.165) is 6.42 Å². The van der Waals surface area contributed by atoms with E-state index in [-0.39, 0.29) is 43.1 Å². The number of hydrogen-bond donors (Lipinski definition) is 6. The summed E-state index contributed by atoms with van der Waals surface area (Å²) in [7, 11) is 0. The highest BCUT2D eigenvalue weighted by molar-refractivity contribution is 5.99. The van der Waals surface area contributed by atoms with Crippen molar-refractivity contribution in [1.29, 1.82) is 0 Å². The van der Waals surface area contributed by atoms with E-state index in [2.05, 4.69) is 16.1 Å². The van der Waals surface area contributed by atoms with E-state index in [1.807, 2.05) is 0 Å². The van der Waals surface area contributed by atoms with Crippen LogP contribution in [0.5, 0.6) is 0 Å². The molecule has 0 spiro atoms. The lowest BCUT2D eigenvalue weighted by molar-refractivity contribution is -0.142. The van der Waals surface area contributed by atoms with Gasteiger partial charge in [-0.15, -0.1) is 0 Å². The maximum absolute atomic E-state index is 13.3. The van der Waals surface area contributed by atoms with Gasteiger partial charge in [-0.2, -0.15) is 0 Å². The van der Waals surface area contributed by atoms with Crippen LogP contribution in [0.4, 0.5) is 11.4 Å². The summed E-state index contributed by atoms with van der Waals surface area (Å²) in [6.45, 7) is 0.704. The Balaban J connectivity index is 2.12. The number of carbonyl (C=O) groups is 5. The van der Waals surface area contributed by atoms with E-state index in [4.69, 9.17) is 16.6 Å². The predicted molar refractivity (Wildman–Crippen MR) is 120 cm³/mol. The minimum absolute atomic E-state index is 0.0587. The number of hydrogen-bond acceptors (Lipinski definition) is 9. The van der Waals surface area contributed by atoms with Gasteiger partial charge in [-0.05, 0) is 37.5 Å². The number of aldehydes is 2. The fourth-order valence-electron chi connectivity index (χ4n) is 3.51. The zero-order valence-electron chi connectivity index (χ0n) is 18.2. The molecule has 1 aliphatic heterocycles. The number of nitrogens with two attached hydrogens (primary N) is 2. The van der Waals surface area contributed by atoms with Crippen LogP contribution < -0.4 is 27.5 Å². The van der Waals surface area contributed by atoms with Gasteiger partial charge in [0.2, 0.25) is 0 Å². The maximum Gasteiger partial charge on any atom is 0.305 e. The van der Waals surface area contributed by atoms with Crippen molar-refractivity contribution in [2.24, 2.45) is 0 Å². The van der Waals surface area contributed by atoms with Gasteiger partial charge in [-0.25, -0.2) is 5.43 Å². The third-order valence-electron chi connectivity index (χ3n) is 5.30. The van der Waals surface area contributed by atoms with E-state index in [1.165, 1.54) is 23.2 Å². The molecule has 1 heterocycles. The first-order valence-electron chi connectivity index (χ1n) is 10.6. The van der Waals surface area contributed by atoms with Crippen LogP contribution >= 0.6 is 0 Å². The van der Waals surface area contributed by atoms with Crippen molar-refractivity contribution < 1.29 is 29.1 Å². The molecule has 2 amide bonds. The summed E-state index contributed by atoms with van der Waals surface area (Å²) in [5.74, 6) is -2.10. The number of rotatable bonds is 12.